The van der Waals surface area contributed by atoms with E-state index in [4.69, 9.17) is 0 Å². The molecule has 2 aromatic carbocycles. The third-order valence-electron chi connectivity index (χ3n) is 4.60. The van der Waals surface area contributed by atoms with Gasteiger partial charge < -0.3 is 5.32 Å². The highest BCUT2D eigenvalue weighted by Crippen LogP contribution is 2.27. The summed E-state index contributed by atoms with van der Waals surface area (Å²) in [6.07, 6.45) is 6.32. The number of anilines is 1. The Bertz CT molecular complexity index is 646. The maximum atomic E-state index is 12.5. The van der Waals surface area contributed by atoms with Gasteiger partial charge in [-0.1, -0.05) is 67.8 Å². The zero-order valence-electron chi connectivity index (χ0n) is 14.2. The van der Waals surface area contributed by atoms with Crippen molar-refractivity contribution in [2.75, 3.05) is 25.0 Å². The van der Waals surface area contributed by atoms with Gasteiger partial charge in [0.2, 0.25) is 5.91 Å². The molecule has 0 unspecified atom stereocenters. The minimum atomic E-state index is 0.0824. The molecule has 1 saturated heterocycles. The van der Waals surface area contributed by atoms with Gasteiger partial charge in [-0.25, -0.2) is 0 Å². The monoisotopic (exact) mass is 322 g/mol. The summed E-state index contributed by atoms with van der Waals surface area (Å²) in [6, 6.07) is 18.2. The molecule has 1 amide bonds. The first-order valence-electron chi connectivity index (χ1n) is 8.99. The molecule has 2 aromatic rings. The van der Waals surface area contributed by atoms with Gasteiger partial charge in [-0.3, -0.25) is 9.69 Å². The van der Waals surface area contributed by atoms with Crippen LogP contribution in [0.5, 0.6) is 0 Å². The van der Waals surface area contributed by atoms with Crippen LogP contribution in [0.25, 0.3) is 11.1 Å². The van der Waals surface area contributed by atoms with Crippen LogP contribution in [0.3, 0.4) is 0 Å². The van der Waals surface area contributed by atoms with Crippen LogP contribution in [-0.4, -0.2) is 30.4 Å². The summed E-state index contributed by atoms with van der Waals surface area (Å²) < 4.78 is 0. The van der Waals surface area contributed by atoms with Crippen LogP contribution in [-0.2, 0) is 4.79 Å². The molecule has 1 aliphatic heterocycles. The van der Waals surface area contributed by atoms with E-state index in [0.717, 1.165) is 29.9 Å². The smallest absolute Gasteiger partial charge is 0.238 e. The van der Waals surface area contributed by atoms with Crippen LogP contribution in [0.1, 0.15) is 32.1 Å². The molecule has 0 aliphatic carbocycles. The number of hydrogen-bond acceptors (Lipinski definition) is 2. The molecule has 24 heavy (non-hydrogen) atoms. The summed E-state index contributed by atoms with van der Waals surface area (Å²) in [6.45, 7) is 2.56. The molecular formula is C21H26N2O. The molecule has 1 N–H and O–H groups in total. The van der Waals surface area contributed by atoms with Crippen molar-refractivity contribution in [1.82, 2.24) is 4.90 Å². The number of hydrogen-bond donors (Lipinski definition) is 1. The lowest BCUT2D eigenvalue weighted by Crippen LogP contribution is -2.35. The molecule has 0 aromatic heterocycles. The van der Waals surface area contributed by atoms with E-state index in [1.807, 2.05) is 36.4 Å². The first-order valence-corrected chi connectivity index (χ1v) is 8.99. The Hall–Kier alpha value is -2.13. The van der Waals surface area contributed by atoms with Crippen molar-refractivity contribution in [2.45, 2.75) is 32.1 Å². The highest BCUT2D eigenvalue weighted by Gasteiger charge is 2.14. The molecule has 3 nitrogen and oxygen atoms in total. The minimum absolute atomic E-state index is 0.0824. The van der Waals surface area contributed by atoms with Gasteiger partial charge in [0.25, 0.3) is 0 Å². The molecule has 126 valence electrons. The number of amides is 1. The number of nitrogens with one attached hydrogen (secondary N) is 1. The van der Waals surface area contributed by atoms with E-state index in [9.17, 15) is 4.79 Å². The third kappa shape index (κ3) is 4.68. The number of carbonyl (C=O) groups excluding carboxylic acids is 1. The average Bonchev–Trinajstić information content (AvgIpc) is 2.58. The number of likely N-dealkylation sites (tertiary alicyclic amines) is 1. The second kappa shape index (κ2) is 8.65. The number of para-hydroxylation sites is 1. The van der Waals surface area contributed by atoms with E-state index in [-0.39, 0.29) is 5.91 Å². The first kappa shape index (κ1) is 16.7. The van der Waals surface area contributed by atoms with Crippen molar-refractivity contribution in [3.63, 3.8) is 0 Å². The molecule has 0 spiro atoms. The van der Waals surface area contributed by atoms with Crippen molar-refractivity contribution in [2.24, 2.45) is 0 Å². The maximum absolute atomic E-state index is 12.5. The summed E-state index contributed by atoms with van der Waals surface area (Å²) >= 11 is 0. The van der Waals surface area contributed by atoms with E-state index in [2.05, 4.69) is 28.4 Å². The lowest BCUT2D eigenvalue weighted by Gasteiger charge is -2.24. The molecule has 3 heteroatoms. The van der Waals surface area contributed by atoms with Crippen molar-refractivity contribution in [3.8, 4) is 11.1 Å². The fraction of sp³-hybridized carbons (Fsp3) is 0.381. The predicted molar refractivity (Wildman–Crippen MR) is 100 cm³/mol. The van der Waals surface area contributed by atoms with Gasteiger partial charge in [-0.15, -0.1) is 0 Å². The second-order valence-corrected chi connectivity index (χ2v) is 6.50. The lowest BCUT2D eigenvalue weighted by molar-refractivity contribution is -0.117. The highest BCUT2D eigenvalue weighted by molar-refractivity contribution is 5.96. The molecule has 1 heterocycles. The fourth-order valence-electron chi connectivity index (χ4n) is 3.33. The van der Waals surface area contributed by atoms with Crippen molar-refractivity contribution in [3.05, 3.63) is 54.6 Å². The second-order valence-electron chi connectivity index (χ2n) is 6.50. The van der Waals surface area contributed by atoms with Crippen molar-refractivity contribution in [1.29, 1.82) is 0 Å². The van der Waals surface area contributed by atoms with Gasteiger partial charge >= 0.3 is 0 Å². The van der Waals surface area contributed by atoms with E-state index < -0.39 is 0 Å². The van der Waals surface area contributed by atoms with E-state index >= 15 is 0 Å². The largest absolute Gasteiger partial charge is 0.324 e. The Balaban J connectivity index is 1.66. The van der Waals surface area contributed by atoms with Gasteiger partial charge in [0.15, 0.2) is 0 Å². The summed E-state index contributed by atoms with van der Waals surface area (Å²) in [4.78, 5) is 14.8. The molecule has 0 atom stereocenters. The lowest BCUT2D eigenvalue weighted by atomic mass is 10.0. The highest BCUT2D eigenvalue weighted by atomic mass is 16.2. The molecule has 0 saturated carbocycles. The first-order chi connectivity index (χ1) is 11.8. The molecule has 0 bridgehead atoms. The van der Waals surface area contributed by atoms with Crippen LogP contribution >= 0.6 is 0 Å². The summed E-state index contributed by atoms with van der Waals surface area (Å²) in [5.74, 6) is 0.0824. The topological polar surface area (TPSA) is 32.3 Å². The standard InChI is InChI=1S/C21H26N2O/c24-21(17-23-15-9-2-1-3-10-16-23)22-20-14-8-7-13-19(20)18-11-5-4-6-12-18/h4-8,11-14H,1-3,9-10,15-17H2,(H,22,24). The van der Waals surface area contributed by atoms with Gasteiger partial charge in [0, 0.05) is 11.3 Å². The molecule has 1 aliphatic rings. The molecule has 1 fully saturated rings. The van der Waals surface area contributed by atoms with Crippen molar-refractivity contribution < 1.29 is 4.79 Å². The number of carbonyl (C=O) groups is 1. The van der Waals surface area contributed by atoms with Crippen molar-refractivity contribution >= 4 is 11.6 Å². The van der Waals surface area contributed by atoms with Crippen LogP contribution in [0.4, 0.5) is 5.69 Å². The summed E-state index contributed by atoms with van der Waals surface area (Å²) in [5, 5.41) is 3.11. The molecule has 3 rings (SSSR count). The Labute approximate surface area is 144 Å². The van der Waals surface area contributed by atoms with Gasteiger partial charge in [0.05, 0.1) is 6.54 Å². The Morgan fingerprint density at radius 1 is 0.833 bits per heavy atom. The Kier molecular flexibility index (Phi) is 6.02. The zero-order chi connectivity index (χ0) is 16.6. The summed E-state index contributed by atoms with van der Waals surface area (Å²) in [7, 11) is 0. The zero-order valence-corrected chi connectivity index (χ0v) is 14.2. The normalized spacial score (nSPS) is 16.2. The van der Waals surface area contributed by atoms with Crippen LogP contribution in [0, 0.1) is 0 Å². The van der Waals surface area contributed by atoms with Gasteiger partial charge in [-0.2, -0.15) is 0 Å². The SMILES string of the molecule is O=C(CN1CCCCCCC1)Nc1ccccc1-c1ccccc1. The number of rotatable bonds is 4. The Morgan fingerprint density at radius 2 is 1.46 bits per heavy atom. The third-order valence-corrected chi connectivity index (χ3v) is 4.60. The minimum Gasteiger partial charge on any atom is -0.324 e. The van der Waals surface area contributed by atoms with Crippen LogP contribution in [0.2, 0.25) is 0 Å². The van der Waals surface area contributed by atoms with Gasteiger partial charge in [0.1, 0.15) is 0 Å². The van der Waals surface area contributed by atoms with E-state index in [1.54, 1.807) is 0 Å². The Morgan fingerprint density at radius 3 is 2.21 bits per heavy atom. The molecule has 0 radical (unpaired) electrons. The average molecular weight is 322 g/mol. The number of nitrogens with zero attached hydrogens (tertiary/aromatic N) is 1. The maximum Gasteiger partial charge on any atom is 0.238 e. The quantitative estimate of drug-likeness (QED) is 0.895. The van der Waals surface area contributed by atoms with Crippen LogP contribution < -0.4 is 5.32 Å². The number of benzene rings is 2. The predicted octanol–water partition coefficient (Wildman–Crippen LogP) is 4.56. The van der Waals surface area contributed by atoms with E-state index in [0.29, 0.717) is 6.54 Å². The molecular weight excluding hydrogens is 296 g/mol. The van der Waals surface area contributed by atoms with Crippen LogP contribution in [0.15, 0.2) is 54.6 Å². The summed E-state index contributed by atoms with van der Waals surface area (Å²) in [5.41, 5.74) is 3.08. The van der Waals surface area contributed by atoms with Gasteiger partial charge in [-0.05, 0) is 37.6 Å². The fourth-order valence-corrected chi connectivity index (χ4v) is 3.33. The van der Waals surface area contributed by atoms with E-state index in [1.165, 1.54) is 32.1 Å².